The maximum atomic E-state index is 11.2. The van der Waals surface area contributed by atoms with Crippen LogP contribution in [0.5, 0.6) is 23.0 Å². The number of benzene rings is 3. The largest absolute Gasteiger partial charge is 0.494 e. The van der Waals surface area contributed by atoms with Crippen LogP contribution in [0.2, 0.25) is 0 Å². The van der Waals surface area contributed by atoms with Gasteiger partial charge >= 0.3 is 5.97 Å². The highest BCUT2D eigenvalue weighted by Crippen LogP contribution is 2.27. The van der Waals surface area contributed by atoms with Crippen molar-refractivity contribution >= 4 is 11.7 Å². The molecule has 2 N–H and O–H groups in total. The third-order valence-corrected chi connectivity index (χ3v) is 4.53. The number of carbonyl (C=O) groups is 1. The number of aliphatic carboxylic acids is 1. The summed E-state index contributed by atoms with van der Waals surface area (Å²) < 4.78 is 17.4. The molecule has 0 bridgehead atoms. The van der Waals surface area contributed by atoms with E-state index in [0.717, 1.165) is 17.7 Å². The monoisotopic (exact) mass is 463 g/mol. The molecular formula is C27H29NO6. The number of nitrogens with one attached hydrogen (secondary N) is 1. The lowest BCUT2D eigenvalue weighted by Crippen LogP contribution is -2.14. The summed E-state index contributed by atoms with van der Waals surface area (Å²) in [6, 6.07) is 22.1. The molecule has 0 fully saturated rings. The molecule has 0 atom stereocenters. The molecule has 0 aliphatic carbocycles. The Bertz CT molecular complexity index is 1100. The average molecular weight is 464 g/mol. The van der Waals surface area contributed by atoms with Crippen molar-refractivity contribution in [3.05, 3.63) is 90.2 Å². The highest BCUT2D eigenvalue weighted by Gasteiger charge is 2.09. The van der Waals surface area contributed by atoms with E-state index in [1.54, 1.807) is 18.2 Å². The van der Waals surface area contributed by atoms with Crippen LogP contribution in [0.15, 0.2) is 79.1 Å². The quantitative estimate of drug-likeness (QED) is 0.188. The summed E-state index contributed by atoms with van der Waals surface area (Å²) in [4.78, 5) is 16.7. The number of para-hydroxylation sites is 1. The van der Waals surface area contributed by atoms with E-state index < -0.39 is 5.97 Å². The van der Waals surface area contributed by atoms with Crippen LogP contribution in [0.4, 0.5) is 0 Å². The van der Waals surface area contributed by atoms with E-state index in [4.69, 9.17) is 24.2 Å². The Labute approximate surface area is 199 Å². The van der Waals surface area contributed by atoms with Gasteiger partial charge in [0.2, 0.25) is 0 Å². The second-order valence-corrected chi connectivity index (χ2v) is 7.36. The van der Waals surface area contributed by atoms with Crippen LogP contribution in [-0.2, 0) is 16.1 Å². The molecule has 0 spiro atoms. The van der Waals surface area contributed by atoms with Gasteiger partial charge in [0, 0.05) is 11.6 Å². The summed E-state index contributed by atoms with van der Waals surface area (Å²) in [6.07, 6.45) is 2.23. The molecule has 0 aromatic heterocycles. The number of carboxylic acids is 1. The highest BCUT2D eigenvalue weighted by molar-refractivity contribution is 5.70. The Kier molecular flexibility index (Phi) is 9.37. The van der Waals surface area contributed by atoms with Gasteiger partial charge in [-0.2, -0.15) is 0 Å². The van der Waals surface area contributed by atoms with Gasteiger partial charge in [-0.25, -0.2) is 0 Å². The van der Waals surface area contributed by atoms with E-state index in [0.29, 0.717) is 41.7 Å². The SMILES string of the molecule is CCCONC(=COc1cc(CC(=O)O)cc(OCC)c1)c1cccc(Oc2ccccc2)c1. The zero-order chi connectivity index (χ0) is 24.2. The number of hydrogen-bond donors (Lipinski definition) is 2. The maximum Gasteiger partial charge on any atom is 0.307 e. The van der Waals surface area contributed by atoms with Crippen molar-refractivity contribution in [1.82, 2.24) is 5.48 Å². The minimum atomic E-state index is -0.930. The van der Waals surface area contributed by atoms with Crippen molar-refractivity contribution in [1.29, 1.82) is 0 Å². The Morgan fingerprint density at radius 1 is 0.912 bits per heavy atom. The second-order valence-electron chi connectivity index (χ2n) is 7.36. The van der Waals surface area contributed by atoms with Crippen LogP contribution in [0, 0.1) is 0 Å². The van der Waals surface area contributed by atoms with E-state index in [1.807, 2.05) is 68.4 Å². The first-order valence-corrected chi connectivity index (χ1v) is 11.1. The molecule has 0 heterocycles. The van der Waals surface area contributed by atoms with Crippen molar-refractivity contribution in [2.75, 3.05) is 13.2 Å². The summed E-state index contributed by atoms with van der Waals surface area (Å²) in [6.45, 7) is 4.85. The lowest BCUT2D eigenvalue weighted by Gasteiger charge is -2.14. The van der Waals surface area contributed by atoms with Gasteiger partial charge in [-0.1, -0.05) is 37.3 Å². The van der Waals surface area contributed by atoms with Crippen molar-refractivity contribution in [2.24, 2.45) is 0 Å². The molecule has 0 unspecified atom stereocenters. The van der Waals surface area contributed by atoms with Crippen LogP contribution in [0.1, 0.15) is 31.4 Å². The van der Waals surface area contributed by atoms with E-state index in [1.165, 1.54) is 6.26 Å². The summed E-state index contributed by atoms with van der Waals surface area (Å²) in [5, 5.41) is 9.17. The Balaban J connectivity index is 1.86. The minimum Gasteiger partial charge on any atom is -0.494 e. The van der Waals surface area contributed by atoms with Gasteiger partial charge in [-0.15, -0.1) is 0 Å². The molecule has 7 nitrogen and oxygen atoms in total. The van der Waals surface area contributed by atoms with E-state index in [-0.39, 0.29) is 6.42 Å². The van der Waals surface area contributed by atoms with E-state index in [2.05, 4.69) is 5.48 Å². The molecule has 3 aromatic carbocycles. The van der Waals surface area contributed by atoms with E-state index in [9.17, 15) is 4.79 Å². The number of hydrogen-bond acceptors (Lipinski definition) is 6. The van der Waals surface area contributed by atoms with Gasteiger partial charge < -0.3 is 19.3 Å². The molecule has 0 aliphatic rings. The fraction of sp³-hybridized carbons (Fsp3) is 0.222. The van der Waals surface area contributed by atoms with Crippen LogP contribution < -0.4 is 19.7 Å². The minimum absolute atomic E-state index is 0.134. The predicted octanol–water partition coefficient (Wildman–Crippen LogP) is 5.81. The topological polar surface area (TPSA) is 86.3 Å². The van der Waals surface area contributed by atoms with Crippen molar-refractivity contribution in [3.8, 4) is 23.0 Å². The molecule has 0 saturated carbocycles. The molecule has 3 rings (SSSR count). The van der Waals surface area contributed by atoms with Gasteiger partial charge in [0.25, 0.3) is 0 Å². The van der Waals surface area contributed by atoms with Gasteiger partial charge in [0.15, 0.2) is 0 Å². The molecular weight excluding hydrogens is 434 g/mol. The molecule has 34 heavy (non-hydrogen) atoms. The standard InChI is InChI=1S/C27H29NO6/c1-3-13-33-28-26(21-9-8-12-23(17-21)34-22-10-6-5-7-11-22)19-32-25-15-20(16-27(29)30)14-24(18-25)31-4-2/h5-12,14-15,17-19,28H,3-4,13,16H2,1-2H3,(H,29,30). The van der Waals surface area contributed by atoms with Gasteiger partial charge in [-0.05, 0) is 55.3 Å². The third kappa shape index (κ3) is 7.86. The normalized spacial score (nSPS) is 11.1. The first-order valence-electron chi connectivity index (χ1n) is 11.1. The van der Waals surface area contributed by atoms with Crippen molar-refractivity contribution in [3.63, 3.8) is 0 Å². The van der Waals surface area contributed by atoms with Crippen molar-refractivity contribution in [2.45, 2.75) is 26.7 Å². The zero-order valence-electron chi connectivity index (χ0n) is 19.3. The summed E-state index contributed by atoms with van der Waals surface area (Å²) in [5.74, 6) is 1.46. The molecule has 0 radical (unpaired) electrons. The summed E-state index contributed by atoms with van der Waals surface area (Å²) in [5.41, 5.74) is 4.89. The van der Waals surface area contributed by atoms with Crippen LogP contribution in [0.3, 0.4) is 0 Å². The first kappa shape index (κ1) is 24.7. The smallest absolute Gasteiger partial charge is 0.307 e. The maximum absolute atomic E-state index is 11.2. The second kappa shape index (κ2) is 12.9. The Morgan fingerprint density at radius 3 is 2.41 bits per heavy atom. The molecule has 3 aromatic rings. The fourth-order valence-electron chi connectivity index (χ4n) is 3.09. The Hall–Kier alpha value is -3.97. The molecule has 0 saturated heterocycles. The fourth-order valence-corrected chi connectivity index (χ4v) is 3.09. The highest BCUT2D eigenvalue weighted by atomic mass is 16.6. The van der Waals surface area contributed by atoms with Gasteiger partial charge in [0.05, 0.1) is 19.6 Å². The number of hydroxylamine groups is 1. The lowest BCUT2D eigenvalue weighted by molar-refractivity contribution is -0.136. The lowest BCUT2D eigenvalue weighted by atomic mass is 10.1. The van der Waals surface area contributed by atoms with Crippen LogP contribution >= 0.6 is 0 Å². The number of carboxylic acid groups (broad SMARTS) is 1. The van der Waals surface area contributed by atoms with Gasteiger partial charge in [0.1, 0.15) is 35.0 Å². The number of rotatable bonds is 13. The third-order valence-electron chi connectivity index (χ3n) is 4.53. The first-order chi connectivity index (χ1) is 16.6. The van der Waals surface area contributed by atoms with Crippen LogP contribution in [-0.4, -0.2) is 24.3 Å². The molecule has 0 aliphatic heterocycles. The van der Waals surface area contributed by atoms with Crippen molar-refractivity contribution < 1.29 is 28.9 Å². The Morgan fingerprint density at radius 2 is 1.68 bits per heavy atom. The van der Waals surface area contributed by atoms with E-state index >= 15 is 0 Å². The van der Waals surface area contributed by atoms with Gasteiger partial charge in [-0.3, -0.25) is 15.1 Å². The summed E-state index contributed by atoms with van der Waals surface area (Å²) in [7, 11) is 0. The molecule has 0 amide bonds. The molecule has 7 heteroatoms. The zero-order valence-corrected chi connectivity index (χ0v) is 19.3. The summed E-state index contributed by atoms with van der Waals surface area (Å²) >= 11 is 0. The molecule has 178 valence electrons. The number of ether oxygens (including phenoxy) is 3. The predicted molar refractivity (Wildman–Crippen MR) is 130 cm³/mol. The van der Waals surface area contributed by atoms with Crippen LogP contribution in [0.25, 0.3) is 5.70 Å². The average Bonchev–Trinajstić information content (AvgIpc) is 2.82.